The maximum Gasteiger partial charge on any atom is 0.330 e. The number of aliphatic hydroxyl groups excluding tert-OH is 2. The molecule has 2 heterocycles. The lowest BCUT2D eigenvalue weighted by Gasteiger charge is -2.15. The fourth-order valence-electron chi connectivity index (χ4n) is 7.17. The van der Waals surface area contributed by atoms with Crippen molar-refractivity contribution in [1.29, 1.82) is 0 Å². The molecule has 0 saturated carbocycles. The van der Waals surface area contributed by atoms with Gasteiger partial charge >= 0.3 is 11.9 Å². The highest BCUT2D eigenvalue weighted by Crippen LogP contribution is 2.39. The molecule has 0 amide bonds. The van der Waals surface area contributed by atoms with E-state index < -0.39 is 30.6 Å². The molecule has 0 fully saturated rings. The van der Waals surface area contributed by atoms with Crippen molar-refractivity contribution in [2.24, 2.45) is 0 Å². The summed E-state index contributed by atoms with van der Waals surface area (Å²) in [6, 6.07) is 29.5. The highest BCUT2D eigenvalue weighted by Gasteiger charge is 2.21. The van der Waals surface area contributed by atoms with Gasteiger partial charge in [0.05, 0.1) is 25.7 Å². The molecule has 59 heavy (non-hydrogen) atoms. The van der Waals surface area contributed by atoms with Gasteiger partial charge in [0.15, 0.2) is 0 Å². The number of methoxy groups -OCH3 is 1. The van der Waals surface area contributed by atoms with Crippen LogP contribution in [0.25, 0.3) is 56.2 Å². The molecule has 0 spiro atoms. The van der Waals surface area contributed by atoms with E-state index in [0.717, 1.165) is 55.4 Å². The molecule has 0 unspecified atom stereocenters. The highest BCUT2D eigenvalue weighted by molar-refractivity contribution is 6.02. The minimum absolute atomic E-state index is 0.0728. The van der Waals surface area contributed by atoms with Gasteiger partial charge in [0.25, 0.3) is 0 Å². The molecule has 8 nitrogen and oxygen atoms in total. The summed E-state index contributed by atoms with van der Waals surface area (Å²) in [5.74, 6) is -2.07. The van der Waals surface area contributed by atoms with E-state index >= 15 is 0 Å². The van der Waals surface area contributed by atoms with Crippen LogP contribution in [0.5, 0.6) is 0 Å². The van der Waals surface area contributed by atoms with Gasteiger partial charge in [-0.1, -0.05) is 91.0 Å². The zero-order chi connectivity index (χ0) is 42.6. The Morgan fingerprint density at radius 3 is 1.58 bits per heavy atom. The maximum atomic E-state index is 13.5. The topological polar surface area (TPSA) is 114 Å². The number of ether oxygens (including phenoxy) is 1. The zero-order valence-corrected chi connectivity index (χ0v) is 33.8. The van der Waals surface area contributed by atoms with E-state index in [1.54, 1.807) is 36.4 Å². The van der Waals surface area contributed by atoms with Crippen molar-refractivity contribution in [3.8, 4) is 22.3 Å². The quantitative estimate of drug-likeness (QED) is 0.0574. The Balaban J connectivity index is 0.000000224. The number of allylic oxidation sites excluding steroid dienone is 4. The zero-order valence-electron chi connectivity index (χ0n) is 33.8. The monoisotopic (exact) mass is 800 g/mol. The summed E-state index contributed by atoms with van der Waals surface area (Å²) in [7, 11) is 1.35. The number of hydrogen-bond acceptors (Lipinski definition) is 5. The van der Waals surface area contributed by atoms with Crippen LogP contribution < -0.4 is 0 Å². The summed E-state index contributed by atoms with van der Waals surface area (Å²) in [4.78, 5) is 21.8. The second-order valence-corrected chi connectivity index (χ2v) is 14.5. The normalized spacial score (nSPS) is 13.1. The first-order valence-electron chi connectivity index (χ1n) is 19.4. The van der Waals surface area contributed by atoms with Crippen LogP contribution in [0.15, 0.2) is 134 Å². The molecule has 0 aliphatic heterocycles. The van der Waals surface area contributed by atoms with E-state index in [1.165, 1.54) is 37.5 Å². The minimum Gasteiger partial charge on any atom is -0.481 e. The third kappa shape index (κ3) is 11.0. The molecule has 10 heteroatoms. The molecule has 0 bridgehead atoms. The number of aromatic nitrogens is 2. The number of aliphatic carboxylic acids is 1. The Labute approximate surface area is 343 Å². The van der Waals surface area contributed by atoms with Gasteiger partial charge < -0.3 is 29.2 Å². The van der Waals surface area contributed by atoms with E-state index in [-0.39, 0.29) is 30.1 Å². The van der Waals surface area contributed by atoms with Crippen LogP contribution in [0.1, 0.15) is 64.0 Å². The maximum absolute atomic E-state index is 13.5. The third-order valence-corrected chi connectivity index (χ3v) is 9.62. The number of fused-ring (bicyclic) bond motifs is 2. The van der Waals surface area contributed by atoms with Crippen molar-refractivity contribution in [1.82, 2.24) is 9.13 Å². The van der Waals surface area contributed by atoms with E-state index in [2.05, 4.69) is 53.7 Å². The van der Waals surface area contributed by atoms with Crippen LogP contribution in [-0.4, -0.2) is 55.7 Å². The fourth-order valence-corrected chi connectivity index (χ4v) is 7.17. The number of nitrogens with zero attached hydrogens (tertiary/aromatic N) is 2. The van der Waals surface area contributed by atoms with Gasteiger partial charge in [-0.3, -0.25) is 4.79 Å². The number of carbonyl (C=O) groups excluding carboxylic acids is 1. The second kappa shape index (κ2) is 20.4. The molecule has 3 N–H and O–H groups in total. The number of rotatable bonds is 14. The first kappa shape index (κ1) is 43.8. The van der Waals surface area contributed by atoms with E-state index in [9.17, 15) is 28.6 Å². The Bertz CT molecular complexity index is 2490. The largest absolute Gasteiger partial charge is 0.481 e. The average molecular weight is 801 g/mol. The Morgan fingerprint density at radius 2 is 1.12 bits per heavy atom. The lowest BCUT2D eigenvalue weighted by molar-refractivity contribution is -0.139. The SMILES string of the molecule is CC(C)n1c(/C=C/[C@@H](O)C[C@@H](O)CC(=O)O)c(-c2ccc(F)cc2)c2ccccc21.COC(=O)/C=C/C=C/C=C/c1c(-c2ccc(F)cc2)c2ccccc2n1C(C)C. The van der Waals surface area contributed by atoms with Crippen LogP contribution in [0.3, 0.4) is 0 Å². The molecule has 0 saturated heterocycles. The van der Waals surface area contributed by atoms with Gasteiger partial charge in [-0.05, 0) is 87.4 Å². The number of carboxylic acid groups (broad SMARTS) is 1. The first-order valence-corrected chi connectivity index (χ1v) is 19.4. The number of para-hydroxylation sites is 2. The van der Waals surface area contributed by atoms with Gasteiger partial charge in [0.1, 0.15) is 11.6 Å². The molecule has 2 aromatic heterocycles. The summed E-state index contributed by atoms with van der Waals surface area (Å²) in [6.07, 6.45) is 11.3. The number of carbonyl (C=O) groups is 2. The molecule has 0 aliphatic rings. The minimum atomic E-state index is -1.13. The number of halogens is 2. The molecule has 6 rings (SSSR count). The molecule has 306 valence electrons. The van der Waals surface area contributed by atoms with Crippen LogP contribution in [0.2, 0.25) is 0 Å². The Kier molecular flexibility index (Phi) is 15.1. The van der Waals surface area contributed by atoms with Gasteiger partial charge in [0, 0.05) is 68.9 Å². The van der Waals surface area contributed by atoms with Crippen LogP contribution in [0, 0.1) is 11.6 Å². The number of hydrogen-bond donors (Lipinski definition) is 3. The van der Waals surface area contributed by atoms with Crippen LogP contribution >= 0.6 is 0 Å². The average Bonchev–Trinajstić information content (AvgIpc) is 3.72. The molecule has 2 atom stereocenters. The second-order valence-electron chi connectivity index (χ2n) is 14.5. The predicted molar refractivity (Wildman–Crippen MR) is 233 cm³/mol. The Hall–Kier alpha value is -6.36. The predicted octanol–water partition coefficient (Wildman–Crippen LogP) is 11.0. The van der Waals surface area contributed by atoms with Crippen molar-refractivity contribution >= 4 is 45.9 Å². The van der Waals surface area contributed by atoms with Gasteiger partial charge in [-0.15, -0.1) is 0 Å². The number of carboxylic acids is 1. The van der Waals surface area contributed by atoms with Crippen molar-refractivity contribution in [2.45, 2.75) is 64.8 Å². The molecule has 0 aliphatic carbocycles. The van der Waals surface area contributed by atoms with Crippen molar-refractivity contribution < 1.29 is 38.4 Å². The van der Waals surface area contributed by atoms with Crippen molar-refractivity contribution in [3.63, 3.8) is 0 Å². The molecular formula is C49H50F2N2O6. The fraction of sp³-hybridized carbons (Fsp3) is 0.224. The van der Waals surface area contributed by atoms with Gasteiger partial charge in [0.2, 0.25) is 0 Å². The standard InChI is InChI=1S/C25H24FNO2.C24H26FNO4/c1-18(2)27-22-11-9-8-10-21(22)25(19-14-16-20(26)17-15-19)23(27)12-6-4-5-7-13-24(28)29-3;1-15(2)26-21-6-4-3-5-20(21)24(16-7-9-17(25)10-8-16)22(26)12-11-18(27)13-19(28)14-23(29)30/h4-18H,1-3H3;3-12,15,18-19,27-28H,13-14H2,1-2H3,(H,29,30)/b5-4+,12-6+,13-7+;12-11+/t;18-,19-/m.1/s1. The van der Waals surface area contributed by atoms with Gasteiger partial charge in [-0.2, -0.15) is 0 Å². The van der Waals surface area contributed by atoms with Crippen LogP contribution in [-0.2, 0) is 14.3 Å². The van der Waals surface area contributed by atoms with E-state index in [0.29, 0.717) is 0 Å². The lowest BCUT2D eigenvalue weighted by Crippen LogP contribution is -2.19. The number of aliphatic hydroxyl groups is 2. The summed E-state index contributed by atoms with van der Waals surface area (Å²) < 4.78 is 36.0. The Morgan fingerprint density at radius 1 is 0.661 bits per heavy atom. The van der Waals surface area contributed by atoms with Crippen molar-refractivity contribution in [3.05, 3.63) is 157 Å². The summed E-state index contributed by atoms with van der Waals surface area (Å²) in [6.45, 7) is 8.41. The summed E-state index contributed by atoms with van der Waals surface area (Å²) in [5.41, 5.74) is 7.88. The molecule has 0 radical (unpaired) electrons. The molecular weight excluding hydrogens is 751 g/mol. The summed E-state index contributed by atoms with van der Waals surface area (Å²) >= 11 is 0. The number of benzene rings is 4. The van der Waals surface area contributed by atoms with Crippen LogP contribution in [0.4, 0.5) is 8.78 Å². The summed E-state index contributed by atoms with van der Waals surface area (Å²) in [5, 5.41) is 31.0. The number of esters is 1. The first-order chi connectivity index (χ1) is 28.3. The van der Waals surface area contributed by atoms with Crippen molar-refractivity contribution in [2.75, 3.05) is 7.11 Å². The lowest BCUT2D eigenvalue weighted by atomic mass is 10.0. The highest BCUT2D eigenvalue weighted by atomic mass is 19.1. The van der Waals surface area contributed by atoms with E-state index in [1.807, 2.05) is 66.8 Å². The third-order valence-electron chi connectivity index (χ3n) is 9.62. The molecule has 6 aromatic rings. The molecule has 4 aromatic carbocycles. The van der Waals surface area contributed by atoms with E-state index in [4.69, 9.17) is 5.11 Å². The smallest absolute Gasteiger partial charge is 0.330 e. The van der Waals surface area contributed by atoms with Gasteiger partial charge in [-0.25, -0.2) is 13.6 Å².